The molecule has 1 aliphatic rings. The van der Waals surface area contributed by atoms with Crippen LogP contribution in [0.4, 0.5) is 0 Å². The molecule has 0 saturated heterocycles. The molecule has 0 spiro atoms. The van der Waals surface area contributed by atoms with Crippen molar-refractivity contribution < 1.29 is 14.6 Å². The monoisotopic (exact) mass is 273 g/mol. The molecule has 1 aliphatic carbocycles. The SMILES string of the molecule is CCOc1ccc2c(ccn2CC2(CC(=O)O)CC2)c1. The van der Waals surface area contributed by atoms with Crippen LogP contribution in [0.2, 0.25) is 0 Å². The highest BCUT2D eigenvalue weighted by Gasteiger charge is 2.44. The van der Waals surface area contributed by atoms with Crippen LogP contribution in [0.3, 0.4) is 0 Å². The Morgan fingerprint density at radius 3 is 2.85 bits per heavy atom. The van der Waals surface area contributed by atoms with E-state index in [0.29, 0.717) is 6.61 Å². The van der Waals surface area contributed by atoms with Gasteiger partial charge >= 0.3 is 5.97 Å². The smallest absolute Gasteiger partial charge is 0.303 e. The highest BCUT2D eigenvalue weighted by Crippen LogP contribution is 2.50. The number of fused-ring (bicyclic) bond motifs is 1. The highest BCUT2D eigenvalue weighted by atomic mass is 16.5. The molecular formula is C16H19NO3. The third-order valence-corrected chi connectivity index (χ3v) is 4.04. The van der Waals surface area contributed by atoms with Gasteiger partial charge in [-0.05, 0) is 49.4 Å². The number of hydrogen-bond acceptors (Lipinski definition) is 2. The largest absolute Gasteiger partial charge is 0.494 e. The Hall–Kier alpha value is -1.97. The maximum absolute atomic E-state index is 10.9. The summed E-state index contributed by atoms with van der Waals surface area (Å²) in [5, 5.41) is 10.1. The van der Waals surface area contributed by atoms with Gasteiger partial charge in [0, 0.05) is 23.6 Å². The summed E-state index contributed by atoms with van der Waals surface area (Å²) in [6.07, 6.45) is 4.33. The standard InChI is InChI=1S/C16H19NO3/c1-2-20-13-3-4-14-12(9-13)5-8-17(14)11-16(6-7-16)10-15(18)19/h3-5,8-9H,2,6-7,10-11H2,1H3,(H,18,19). The van der Waals surface area contributed by atoms with Crippen LogP contribution in [0, 0.1) is 5.41 Å². The molecular weight excluding hydrogens is 254 g/mol. The molecule has 1 heterocycles. The van der Waals surface area contributed by atoms with E-state index in [1.807, 2.05) is 25.3 Å². The first kappa shape index (κ1) is 13.0. The number of benzene rings is 1. The van der Waals surface area contributed by atoms with E-state index >= 15 is 0 Å². The van der Waals surface area contributed by atoms with Gasteiger partial charge in [0.05, 0.1) is 13.0 Å². The summed E-state index contributed by atoms with van der Waals surface area (Å²) in [5.41, 5.74) is 1.11. The molecule has 0 unspecified atom stereocenters. The van der Waals surface area contributed by atoms with Crippen LogP contribution in [0.1, 0.15) is 26.2 Å². The van der Waals surface area contributed by atoms with Crippen molar-refractivity contribution in [2.24, 2.45) is 5.41 Å². The van der Waals surface area contributed by atoms with Crippen LogP contribution in [0.25, 0.3) is 10.9 Å². The summed E-state index contributed by atoms with van der Waals surface area (Å²) in [7, 11) is 0. The lowest BCUT2D eigenvalue weighted by Gasteiger charge is -2.14. The summed E-state index contributed by atoms with van der Waals surface area (Å²) < 4.78 is 7.67. The van der Waals surface area contributed by atoms with Gasteiger partial charge in [-0.2, -0.15) is 0 Å². The average molecular weight is 273 g/mol. The molecule has 0 atom stereocenters. The van der Waals surface area contributed by atoms with Crippen molar-refractivity contribution in [1.82, 2.24) is 4.57 Å². The molecule has 1 saturated carbocycles. The zero-order valence-corrected chi connectivity index (χ0v) is 11.6. The zero-order chi connectivity index (χ0) is 14.2. The normalized spacial score (nSPS) is 16.2. The number of carboxylic acid groups (broad SMARTS) is 1. The zero-order valence-electron chi connectivity index (χ0n) is 11.6. The maximum atomic E-state index is 10.9. The van der Waals surface area contributed by atoms with Gasteiger partial charge in [-0.15, -0.1) is 0 Å². The Balaban J connectivity index is 1.84. The van der Waals surface area contributed by atoms with Crippen molar-refractivity contribution in [3.05, 3.63) is 30.5 Å². The first-order valence-corrected chi connectivity index (χ1v) is 7.05. The first-order valence-electron chi connectivity index (χ1n) is 7.05. The van der Waals surface area contributed by atoms with Gasteiger partial charge in [-0.25, -0.2) is 0 Å². The Labute approximate surface area is 118 Å². The topological polar surface area (TPSA) is 51.5 Å². The van der Waals surface area contributed by atoms with Crippen molar-refractivity contribution >= 4 is 16.9 Å². The molecule has 0 aliphatic heterocycles. The average Bonchev–Trinajstić information content (AvgIpc) is 3.02. The summed E-state index contributed by atoms with van der Waals surface area (Å²) in [6.45, 7) is 3.42. The van der Waals surface area contributed by atoms with E-state index in [9.17, 15) is 4.79 Å². The number of nitrogens with zero attached hydrogens (tertiary/aromatic N) is 1. The van der Waals surface area contributed by atoms with E-state index < -0.39 is 5.97 Å². The predicted octanol–water partition coefficient (Wildman–Crippen LogP) is 3.29. The Kier molecular flexibility index (Phi) is 3.16. The fourth-order valence-corrected chi connectivity index (χ4v) is 2.82. The second-order valence-electron chi connectivity index (χ2n) is 5.67. The van der Waals surface area contributed by atoms with Gasteiger partial charge in [0.25, 0.3) is 0 Å². The van der Waals surface area contributed by atoms with Crippen molar-refractivity contribution in [2.75, 3.05) is 6.61 Å². The van der Waals surface area contributed by atoms with Crippen LogP contribution in [-0.4, -0.2) is 22.2 Å². The summed E-state index contributed by atoms with van der Waals surface area (Å²) in [5.74, 6) is 0.182. The van der Waals surface area contributed by atoms with Gasteiger partial charge in [0.2, 0.25) is 0 Å². The van der Waals surface area contributed by atoms with Crippen LogP contribution >= 0.6 is 0 Å². The molecule has 0 bridgehead atoms. The molecule has 4 heteroatoms. The van der Waals surface area contributed by atoms with E-state index in [1.165, 1.54) is 0 Å². The highest BCUT2D eigenvalue weighted by molar-refractivity contribution is 5.81. The van der Waals surface area contributed by atoms with Crippen molar-refractivity contribution in [1.29, 1.82) is 0 Å². The van der Waals surface area contributed by atoms with E-state index in [2.05, 4.69) is 16.7 Å². The number of carbonyl (C=O) groups is 1. The minimum Gasteiger partial charge on any atom is -0.494 e. The van der Waals surface area contributed by atoms with Crippen LogP contribution in [-0.2, 0) is 11.3 Å². The third-order valence-electron chi connectivity index (χ3n) is 4.04. The number of carboxylic acids is 1. The second kappa shape index (κ2) is 4.85. The predicted molar refractivity (Wildman–Crippen MR) is 77.0 cm³/mol. The lowest BCUT2D eigenvalue weighted by Crippen LogP contribution is -2.15. The molecule has 0 amide bonds. The third kappa shape index (κ3) is 2.50. The number of rotatable bonds is 6. The molecule has 3 rings (SSSR count). The first-order chi connectivity index (χ1) is 9.62. The van der Waals surface area contributed by atoms with Gasteiger partial charge in [-0.1, -0.05) is 0 Å². The van der Waals surface area contributed by atoms with Crippen molar-refractivity contribution in [2.45, 2.75) is 32.7 Å². The molecule has 2 aromatic rings. The van der Waals surface area contributed by atoms with Crippen molar-refractivity contribution in [3.8, 4) is 5.75 Å². The molecule has 1 aromatic heterocycles. The summed E-state index contributed by atoms with van der Waals surface area (Å²) in [4.78, 5) is 10.9. The van der Waals surface area contributed by atoms with Crippen molar-refractivity contribution in [3.63, 3.8) is 0 Å². The van der Waals surface area contributed by atoms with Crippen LogP contribution in [0.5, 0.6) is 5.75 Å². The minimum atomic E-state index is -0.697. The second-order valence-corrected chi connectivity index (χ2v) is 5.67. The lowest BCUT2D eigenvalue weighted by molar-refractivity contribution is -0.138. The number of aliphatic carboxylic acids is 1. The van der Waals surface area contributed by atoms with E-state index in [4.69, 9.17) is 9.84 Å². The fourth-order valence-electron chi connectivity index (χ4n) is 2.82. The number of ether oxygens (including phenoxy) is 1. The Morgan fingerprint density at radius 1 is 1.40 bits per heavy atom. The number of aromatic nitrogens is 1. The van der Waals surface area contributed by atoms with Gasteiger partial charge in [-0.3, -0.25) is 4.79 Å². The van der Waals surface area contributed by atoms with Gasteiger partial charge in [0.1, 0.15) is 5.75 Å². The fraction of sp³-hybridized carbons (Fsp3) is 0.438. The van der Waals surface area contributed by atoms with Crippen LogP contribution < -0.4 is 4.74 Å². The molecule has 1 aromatic carbocycles. The minimum absolute atomic E-state index is 0.0314. The van der Waals surface area contributed by atoms with Crippen LogP contribution in [0.15, 0.2) is 30.5 Å². The Morgan fingerprint density at radius 2 is 2.20 bits per heavy atom. The van der Waals surface area contributed by atoms with Gasteiger partial charge < -0.3 is 14.4 Å². The molecule has 1 fully saturated rings. The molecule has 106 valence electrons. The summed E-state index contributed by atoms with van der Waals surface area (Å²) in [6, 6.07) is 8.12. The molecule has 1 N–H and O–H groups in total. The number of hydrogen-bond donors (Lipinski definition) is 1. The Bertz CT molecular complexity index is 640. The van der Waals surface area contributed by atoms with E-state index in [1.54, 1.807) is 0 Å². The quantitative estimate of drug-likeness (QED) is 0.878. The maximum Gasteiger partial charge on any atom is 0.303 e. The molecule has 20 heavy (non-hydrogen) atoms. The lowest BCUT2D eigenvalue weighted by atomic mass is 10.0. The van der Waals surface area contributed by atoms with Gasteiger partial charge in [0.15, 0.2) is 0 Å². The van der Waals surface area contributed by atoms with E-state index in [-0.39, 0.29) is 11.8 Å². The van der Waals surface area contributed by atoms with E-state index in [0.717, 1.165) is 36.0 Å². The molecule has 0 radical (unpaired) electrons. The molecule has 4 nitrogen and oxygen atoms in total. The summed E-state index contributed by atoms with van der Waals surface area (Å²) >= 11 is 0.